The molecule has 1 atom stereocenters. The lowest BCUT2D eigenvalue weighted by molar-refractivity contribution is -0.121. The molecule has 3 amide bonds. The van der Waals surface area contributed by atoms with Crippen LogP contribution in [0.3, 0.4) is 0 Å². The number of benzene rings is 1. The summed E-state index contributed by atoms with van der Waals surface area (Å²) in [6.45, 7) is 1.93. The Hall–Kier alpha value is -3.06. The Morgan fingerprint density at radius 1 is 1.12 bits per heavy atom. The summed E-state index contributed by atoms with van der Waals surface area (Å²) in [6.07, 6.45) is 2.99. The largest absolute Gasteiger partial charge is 0.287 e. The lowest BCUT2D eigenvalue weighted by Gasteiger charge is -2.16. The first-order chi connectivity index (χ1) is 11.6. The number of hydrogen-bond donors (Lipinski definition) is 2. The maximum absolute atomic E-state index is 12.4. The summed E-state index contributed by atoms with van der Waals surface area (Å²) in [5.41, 5.74) is 7.07. The van der Waals surface area contributed by atoms with Gasteiger partial charge in [0, 0.05) is 18.0 Å². The Morgan fingerprint density at radius 2 is 1.79 bits per heavy atom. The first kappa shape index (κ1) is 15.8. The number of nitrogens with zero attached hydrogens (tertiary/aromatic N) is 2. The summed E-state index contributed by atoms with van der Waals surface area (Å²) in [5, 5.41) is 0. The van der Waals surface area contributed by atoms with Crippen LogP contribution in [0.5, 0.6) is 0 Å². The predicted octanol–water partition coefficient (Wildman–Crippen LogP) is 0.957. The van der Waals surface area contributed by atoms with Gasteiger partial charge in [-0.05, 0) is 31.2 Å². The molecule has 0 bridgehead atoms. The number of aryl methyl sites for hydroxylation is 1. The van der Waals surface area contributed by atoms with Crippen molar-refractivity contribution in [3.8, 4) is 0 Å². The third-order valence-electron chi connectivity index (χ3n) is 3.74. The Labute approximate surface area is 138 Å². The van der Waals surface area contributed by atoms with E-state index in [2.05, 4.69) is 15.8 Å². The molecule has 2 aromatic rings. The maximum Gasteiger partial charge on any atom is 0.265 e. The van der Waals surface area contributed by atoms with Crippen LogP contribution < -0.4 is 15.8 Å². The summed E-state index contributed by atoms with van der Waals surface area (Å²) in [7, 11) is 0. The van der Waals surface area contributed by atoms with E-state index in [0.717, 1.165) is 10.5 Å². The molecule has 1 aliphatic heterocycles. The molecule has 7 nitrogen and oxygen atoms in total. The lowest BCUT2D eigenvalue weighted by atomic mass is 10.2. The molecule has 0 spiro atoms. The number of anilines is 1. The number of imide groups is 1. The van der Waals surface area contributed by atoms with Crippen molar-refractivity contribution < 1.29 is 14.4 Å². The third kappa shape index (κ3) is 3.16. The molecule has 2 heterocycles. The van der Waals surface area contributed by atoms with E-state index in [4.69, 9.17) is 0 Å². The summed E-state index contributed by atoms with van der Waals surface area (Å²) in [6, 6.07) is 9.44. The first-order valence-corrected chi connectivity index (χ1v) is 7.45. The number of aromatic nitrogens is 1. The minimum atomic E-state index is -0.787. The van der Waals surface area contributed by atoms with Crippen molar-refractivity contribution in [1.82, 2.24) is 15.8 Å². The molecule has 1 saturated heterocycles. The molecule has 122 valence electrons. The van der Waals surface area contributed by atoms with Gasteiger partial charge in [0.2, 0.25) is 5.91 Å². The van der Waals surface area contributed by atoms with Crippen LogP contribution in [0.25, 0.3) is 0 Å². The molecule has 3 rings (SSSR count). The fraction of sp³-hybridized carbons (Fsp3) is 0.176. The highest BCUT2D eigenvalue weighted by molar-refractivity contribution is 6.22. The van der Waals surface area contributed by atoms with E-state index < -0.39 is 11.9 Å². The second kappa shape index (κ2) is 6.59. The van der Waals surface area contributed by atoms with Gasteiger partial charge in [-0.2, -0.15) is 0 Å². The normalized spacial score (nSPS) is 17.2. The number of rotatable bonds is 4. The molecule has 0 unspecified atom stereocenters. The van der Waals surface area contributed by atoms with Gasteiger partial charge in [0.05, 0.1) is 12.1 Å². The van der Waals surface area contributed by atoms with Gasteiger partial charge in [-0.1, -0.05) is 17.7 Å². The number of carbonyl (C=O) groups is 3. The molecular formula is C17H16N4O3. The summed E-state index contributed by atoms with van der Waals surface area (Å²) >= 11 is 0. The van der Waals surface area contributed by atoms with E-state index in [9.17, 15) is 14.4 Å². The van der Waals surface area contributed by atoms with Crippen LogP contribution in [-0.2, 0) is 9.59 Å². The fourth-order valence-electron chi connectivity index (χ4n) is 2.44. The zero-order chi connectivity index (χ0) is 17.1. The van der Waals surface area contributed by atoms with Gasteiger partial charge < -0.3 is 0 Å². The molecule has 1 aliphatic rings. The standard InChI is InChI=1S/C17H16N4O3/c1-11-2-4-13(5-3-11)21-15(22)10-14(17(21)24)19-20-16(23)12-6-8-18-9-7-12/h2-9,14,19H,10H2,1H3,(H,20,23)/t14-/m0/s1. The Balaban J connectivity index is 1.66. The minimum absolute atomic E-state index is 0.0106. The first-order valence-electron chi connectivity index (χ1n) is 7.45. The molecule has 0 radical (unpaired) electrons. The molecule has 7 heteroatoms. The quantitative estimate of drug-likeness (QED) is 0.645. The van der Waals surface area contributed by atoms with E-state index in [1.165, 1.54) is 12.4 Å². The van der Waals surface area contributed by atoms with E-state index in [0.29, 0.717) is 11.3 Å². The van der Waals surface area contributed by atoms with Crippen molar-refractivity contribution in [3.63, 3.8) is 0 Å². The number of hydrazine groups is 1. The summed E-state index contributed by atoms with van der Waals surface area (Å²) < 4.78 is 0. The van der Waals surface area contributed by atoms with Crippen molar-refractivity contribution in [2.24, 2.45) is 0 Å². The molecule has 0 saturated carbocycles. The minimum Gasteiger partial charge on any atom is -0.287 e. The van der Waals surface area contributed by atoms with Crippen LogP contribution in [0.15, 0.2) is 48.8 Å². The predicted molar refractivity (Wildman–Crippen MR) is 86.9 cm³/mol. The average Bonchev–Trinajstić information content (AvgIpc) is 2.88. The van der Waals surface area contributed by atoms with Gasteiger partial charge >= 0.3 is 0 Å². The summed E-state index contributed by atoms with van der Waals surface area (Å²) in [4.78, 5) is 41.5. The van der Waals surface area contributed by atoms with Gasteiger partial charge in [-0.3, -0.25) is 24.8 Å². The van der Waals surface area contributed by atoms with Gasteiger partial charge in [0.25, 0.3) is 11.8 Å². The summed E-state index contributed by atoms with van der Waals surface area (Å²) in [5.74, 6) is -1.09. The van der Waals surface area contributed by atoms with Crippen LogP contribution in [0, 0.1) is 6.92 Å². The fourth-order valence-corrected chi connectivity index (χ4v) is 2.44. The number of pyridine rings is 1. The molecule has 0 aliphatic carbocycles. The Bertz CT molecular complexity index is 774. The van der Waals surface area contributed by atoms with Crippen LogP contribution in [0.4, 0.5) is 5.69 Å². The lowest BCUT2D eigenvalue weighted by Crippen LogP contribution is -2.48. The van der Waals surface area contributed by atoms with Gasteiger partial charge in [-0.25, -0.2) is 10.3 Å². The highest BCUT2D eigenvalue weighted by Gasteiger charge is 2.39. The van der Waals surface area contributed by atoms with Crippen molar-refractivity contribution >= 4 is 23.4 Å². The van der Waals surface area contributed by atoms with Crippen LogP contribution in [-0.4, -0.2) is 28.7 Å². The highest BCUT2D eigenvalue weighted by atomic mass is 16.2. The zero-order valence-electron chi connectivity index (χ0n) is 13.0. The van der Waals surface area contributed by atoms with Gasteiger partial charge in [-0.15, -0.1) is 0 Å². The van der Waals surface area contributed by atoms with Crippen molar-refractivity contribution in [2.75, 3.05) is 4.90 Å². The second-order valence-corrected chi connectivity index (χ2v) is 5.49. The number of carbonyl (C=O) groups excluding carboxylic acids is 3. The Kier molecular flexibility index (Phi) is 4.35. The van der Waals surface area contributed by atoms with E-state index >= 15 is 0 Å². The molecule has 1 aromatic heterocycles. The maximum atomic E-state index is 12.4. The van der Waals surface area contributed by atoms with E-state index in [-0.39, 0.29) is 18.2 Å². The van der Waals surface area contributed by atoms with Crippen molar-refractivity contribution in [2.45, 2.75) is 19.4 Å². The smallest absolute Gasteiger partial charge is 0.265 e. The second-order valence-electron chi connectivity index (χ2n) is 5.49. The topological polar surface area (TPSA) is 91.4 Å². The molecule has 1 fully saturated rings. The Morgan fingerprint density at radius 3 is 2.46 bits per heavy atom. The van der Waals surface area contributed by atoms with E-state index in [1.807, 2.05) is 19.1 Å². The molecular weight excluding hydrogens is 308 g/mol. The van der Waals surface area contributed by atoms with Crippen molar-refractivity contribution in [3.05, 3.63) is 59.9 Å². The zero-order valence-corrected chi connectivity index (χ0v) is 13.0. The van der Waals surface area contributed by atoms with Crippen LogP contribution in [0.1, 0.15) is 22.3 Å². The molecule has 1 aromatic carbocycles. The SMILES string of the molecule is Cc1ccc(N2C(=O)C[C@H](NNC(=O)c3ccncc3)C2=O)cc1. The average molecular weight is 324 g/mol. The number of nitrogens with one attached hydrogen (secondary N) is 2. The van der Waals surface area contributed by atoms with Crippen LogP contribution in [0.2, 0.25) is 0 Å². The highest BCUT2D eigenvalue weighted by Crippen LogP contribution is 2.22. The van der Waals surface area contributed by atoms with Crippen LogP contribution >= 0.6 is 0 Å². The molecule has 2 N–H and O–H groups in total. The number of hydrogen-bond acceptors (Lipinski definition) is 5. The molecule has 24 heavy (non-hydrogen) atoms. The monoisotopic (exact) mass is 324 g/mol. The number of amides is 3. The van der Waals surface area contributed by atoms with E-state index in [1.54, 1.807) is 24.3 Å². The van der Waals surface area contributed by atoms with Crippen molar-refractivity contribution in [1.29, 1.82) is 0 Å². The van der Waals surface area contributed by atoms with Gasteiger partial charge in [0.1, 0.15) is 6.04 Å². The third-order valence-corrected chi connectivity index (χ3v) is 3.74. The van der Waals surface area contributed by atoms with Gasteiger partial charge in [0.15, 0.2) is 0 Å².